The molecule has 0 spiro atoms. The molecule has 0 amide bonds. The predicted octanol–water partition coefficient (Wildman–Crippen LogP) is 1.44. The van der Waals surface area contributed by atoms with Crippen LogP contribution in [0.3, 0.4) is 0 Å². The summed E-state index contributed by atoms with van der Waals surface area (Å²) in [5.74, 6) is -0.488. The Morgan fingerprint density at radius 3 is 2.62 bits per heavy atom. The largest absolute Gasteiger partial charge is 0.326 e. The van der Waals surface area contributed by atoms with Crippen LogP contribution in [-0.2, 0) is 21.7 Å². The van der Waals surface area contributed by atoms with Gasteiger partial charge in [0.2, 0.25) is 5.78 Å². The molecule has 1 fully saturated rings. The maximum absolute atomic E-state index is 12.3. The van der Waals surface area contributed by atoms with Crippen molar-refractivity contribution in [3.63, 3.8) is 0 Å². The fourth-order valence-electron chi connectivity index (χ4n) is 3.31. The number of rotatable bonds is 5. The smallest absolute Gasteiger partial charge is 0.214 e. The summed E-state index contributed by atoms with van der Waals surface area (Å²) < 4.78 is 0.903. The first-order chi connectivity index (χ1) is 11.6. The number of halogens is 1. The molecule has 3 rings (SSSR count). The fourth-order valence-corrected chi connectivity index (χ4v) is 3.71. The number of carbonyl (C=O) groups excluding carboxylic acids is 2. The van der Waals surface area contributed by atoms with Crippen LogP contribution in [0.1, 0.15) is 16.7 Å². The summed E-state index contributed by atoms with van der Waals surface area (Å²) in [6.07, 6.45) is 0.379. The van der Waals surface area contributed by atoms with E-state index in [9.17, 15) is 9.59 Å². The van der Waals surface area contributed by atoms with Gasteiger partial charge >= 0.3 is 0 Å². The minimum absolute atomic E-state index is 0.379. The second-order valence-corrected chi connectivity index (χ2v) is 6.65. The maximum Gasteiger partial charge on any atom is 0.214 e. The van der Waals surface area contributed by atoms with Gasteiger partial charge < -0.3 is 5.73 Å². The molecule has 0 saturated carbocycles. The number of nitrogens with two attached hydrogens (primary N) is 1. The van der Waals surface area contributed by atoms with Crippen molar-refractivity contribution in [1.82, 2.24) is 10.6 Å². The Morgan fingerprint density at radius 1 is 1.25 bits per heavy atom. The van der Waals surface area contributed by atoms with Gasteiger partial charge in [0, 0.05) is 17.7 Å². The highest BCUT2D eigenvalue weighted by molar-refractivity contribution is 9.10. The molecule has 6 heteroatoms. The summed E-state index contributed by atoms with van der Waals surface area (Å²) in [6, 6.07) is 14.8. The van der Waals surface area contributed by atoms with E-state index in [0.717, 1.165) is 21.2 Å². The van der Waals surface area contributed by atoms with Crippen molar-refractivity contribution in [2.45, 2.75) is 18.1 Å². The van der Waals surface area contributed by atoms with Crippen molar-refractivity contribution in [1.29, 1.82) is 0 Å². The molecule has 1 saturated heterocycles. The van der Waals surface area contributed by atoms with Crippen molar-refractivity contribution < 1.29 is 9.59 Å². The molecule has 0 aromatic heterocycles. The van der Waals surface area contributed by atoms with Crippen LogP contribution in [0.15, 0.2) is 53.0 Å². The van der Waals surface area contributed by atoms with E-state index in [1.165, 1.54) is 0 Å². The molecule has 2 atom stereocenters. The first kappa shape index (κ1) is 17.0. The van der Waals surface area contributed by atoms with Gasteiger partial charge in [-0.1, -0.05) is 52.3 Å². The van der Waals surface area contributed by atoms with Crippen molar-refractivity contribution in [2.75, 3.05) is 6.67 Å². The van der Waals surface area contributed by atoms with E-state index >= 15 is 0 Å². The number of carbonyl (C=O) groups is 2. The monoisotopic (exact) mass is 387 g/mol. The number of nitrogens with one attached hydrogen (secondary N) is 2. The Bertz CT molecular complexity index is 780. The van der Waals surface area contributed by atoms with Gasteiger partial charge in [-0.15, -0.1) is 0 Å². The number of hydrogen-bond acceptors (Lipinski definition) is 5. The lowest BCUT2D eigenvalue weighted by Crippen LogP contribution is -2.52. The van der Waals surface area contributed by atoms with Crippen LogP contribution in [0.2, 0.25) is 0 Å². The Kier molecular flexibility index (Phi) is 4.91. The standard InChI is InChI=1S/C18H18BrN3O2/c19-15-6-2-5-14(8-15)18(13-4-1-3-12(7-13)9-20)17(16(24)10-23)21-11-22-18/h1-8,10,17,21-22H,9,11,20H2. The minimum Gasteiger partial charge on any atom is -0.326 e. The Hall–Kier alpha value is -1.86. The van der Waals surface area contributed by atoms with Gasteiger partial charge in [-0.05, 0) is 28.8 Å². The van der Waals surface area contributed by atoms with Gasteiger partial charge in [0.05, 0.1) is 5.54 Å². The molecular weight excluding hydrogens is 370 g/mol. The predicted molar refractivity (Wildman–Crippen MR) is 95.3 cm³/mol. The molecule has 4 N–H and O–H groups in total. The number of benzene rings is 2. The first-order valence-corrected chi connectivity index (χ1v) is 8.44. The SMILES string of the molecule is NCc1cccc(C2(c3cccc(Br)c3)NCNC2C(=O)C=O)c1. The summed E-state index contributed by atoms with van der Waals surface area (Å²) in [5.41, 5.74) is 7.71. The van der Waals surface area contributed by atoms with E-state index in [0.29, 0.717) is 19.5 Å². The molecule has 1 aliphatic heterocycles. The zero-order chi connectivity index (χ0) is 17.2. The van der Waals surface area contributed by atoms with Crippen molar-refractivity contribution in [3.05, 3.63) is 69.7 Å². The molecule has 0 bridgehead atoms. The van der Waals surface area contributed by atoms with Crippen LogP contribution in [0, 0.1) is 0 Å². The lowest BCUT2D eigenvalue weighted by molar-refractivity contribution is -0.131. The first-order valence-electron chi connectivity index (χ1n) is 7.65. The van der Waals surface area contributed by atoms with Gasteiger partial charge in [0.25, 0.3) is 0 Å². The summed E-state index contributed by atoms with van der Waals surface area (Å²) in [7, 11) is 0. The molecule has 2 aromatic rings. The molecule has 0 aliphatic carbocycles. The van der Waals surface area contributed by atoms with Gasteiger partial charge in [0.1, 0.15) is 6.04 Å². The third-order valence-corrected chi connectivity index (χ3v) is 4.90. The highest BCUT2D eigenvalue weighted by Gasteiger charge is 2.49. The van der Waals surface area contributed by atoms with E-state index in [4.69, 9.17) is 5.73 Å². The lowest BCUT2D eigenvalue weighted by Gasteiger charge is -2.35. The number of Topliss-reactive ketones (excluding diaryl/α,β-unsaturated/α-hetero) is 1. The number of hydrogen-bond donors (Lipinski definition) is 3. The molecule has 2 aromatic carbocycles. The highest BCUT2D eigenvalue weighted by Crippen LogP contribution is 2.37. The van der Waals surface area contributed by atoms with Crippen LogP contribution >= 0.6 is 15.9 Å². The lowest BCUT2D eigenvalue weighted by atomic mass is 9.76. The second-order valence-electron chi connectivity index (χ2n) is 5.73. The van der Waals surface area contributed by atoms with Crippen molar-refractivity contribution >= 4 is 28.0 Å². The average molecular weight is 388 g/mol. The Labute approximate surface area is 148 Å². The van der Waals surface area contributed by atoms with E-state index in [-0.39, 0.29) is 0 Å². The maximum atomic E-state index is 12.3. The van der Waals surface area contributed by atoms with Gasteiger partial charge in [-0.25, -0.2) is 0 Å². The minimum atomic E-state index is -0.826. The third-order valence-electron chi connectivity index (χ3n) is 4.41. The normalized spacial score (nSPS) is 23.2. The zero-order valence-electron chi connectivity index (χ0n) is 13.0. The van der Waals surface area contributed by atoms with Crippen LogP contribution in [-0.4, -0.2) is 24.8 Å². The van der Waals surface area contributed by atoms with Crippen LogP contribution in [0.4, 0.5) is 0 Å². The topological polar surface area (TPSA) is 84.2 Å². The summed E-state index contributed by atoms with van der Waals surface area (Å²) >= 11 is 3.49. The average Bonchev–Trinajstić information content (AvgIpc) is 3.07. The van der Waals surface area contributed by atoms with Crippen LogP contribution in [0.25, 0.3) is 0 Å². The van der Waals surface area contributed by atoms with Crippen LogP contribution < -0.4 is 16.4 Å². The Morgan fingerprint density at radius 2 is 1.96 bits per heavy atom. The summed E-state index contributed by atoms with van der Waals surface area (Å²) in [5, 5.41) is 6.51. The third kappa shape index (κ3) is 2.82. The van der Waals surface area contributed by atoms with E-state index in [1.807, 2.05) is 48.5 Å². The van der Waals surface area contributed by atoms with E-state index in [1.54, 1.807) is 0 Å². The number of ketones is 1. The summed E-state index contributed by atoms with van der Waals surface area (Å²) in [6.45, 7) is 0.825. The van der Waals surface area contributed by atoms with Gasteiger partial charge in [-0.3, -0.25) is 20.2 Å². The molecule has 5 nitrogen and oxygen atoms in total. The molecule has 0 radical (unpaired) electrons. The van der Waals surface area contributed by atoms with Gasteiger partial charge in [-0.2, -0.15) is 0 Å². The second kappa shape index (κ2) is 6.94. The quantitative estimate of drug-likeness (QED) is 0.533. The molecule has 1 heterocycles. The van der Waals surface area contributed by atoms with E-state index in [2.05, 4.69) is 26.6 Å². The molecule has 24 heavy (non-hydrogen) atoms. The zero-order valence-corrected chi connectivity index (χ0v) is 14.5. The van der Waals surface area contributed by atoms with E-state index < -0.39 is 17.4 Å². The molecular formula is C18H18BrN3O2. The molecule has 1 aliphatic rings. The highest BCUT2D eigenvalue weighted by atomic mass is 79.9. The van der Waals surface area contributed by atoms with Crippen molar-refractivity contribution in [2.24, 2.45) is 5.73 Å². The van der Waals surface area contributed by atoms with Crippen molar-refractivity contribution in [3.8, 4) is 0 Å². The molecule has 2 unspecified atom stereocenters. The fraction of sp³-hybridized carbons (Fsp3) is 0.222. The molecule has 124 valence electrons. The van der Waals surface area contributed by atoms with Crippen LogP contribution in [0.5, 0.6) is 0 Å². The number of aldehydes is 1. The Balaban J connectivity index is 2.24. The summed E-state index contributed by atoms with van der Waals surface area (Å²) in [4.78, 5) is 23.5. The van der Waals surface area contributed by atoms with Gasteiger partial charge in [0.15, 0.2) is 6.29 Å².